The maximum Gasteiger partial charge on any atom is 0.312 e. The van der Waals surface area contributed by atoms with Gasteiger partial charge in [0.2, 0.25) is 6.10 Å². The van der Waals surface area contributed by atoms with Crippen LogP contribution in [0.3, 0.4) is 0 Å². The molecule has 2 aromatic carbocycles. The molecule has 0 spiro atoms. The molecule has 0 heterocycles. The standard InChI is InChI=1S/C24H25NO3/c1-6-24(4,5)22(17(2)3)23(26)28-21(16-25)18-11-10-14-20(15-18)27-19-12-8-7-9-13-19/h1,7-15,17,21-22H,2-5H3. The van der Waals surface area contributed by atoms with Gasteiger partial charge in [0, 0.05) is 11.0 Å². The summed E-state index contributed by atoms with van der Waals surface area (Å²) in [5.41, 5.74) is -0.130. The normalized spacial score (nSPS) is 13.1. The van der Waals surface area contributed by atoms with Crippen molar-refractivity contribution >= 4 is 5.97 Å². The number of nitrogens with zero attached hydrogens (tertiary/aromatic N) is 1. The number of carbonyl (C=O) groups excluding carboxylic acids is 1. The molecule has 2 atom stereocenters. The van der Waals surface area contributed by atoms with Crippen molar-refractivity contribution in [3.8, 4) is 29.9 Å². The highest BCUT2D eigenvalue weighted by molar-refractivity contribution is 5.75. The lowest BCUT2D eigenvalue weighted by Gasteiger charge is -2.31. The van der Waals surface area contributed by atoms with E-state index in [4.69, 9.17) is 15.9 Å². The molecule has 0 aliphatic carbocycles. The summed E-state index contributed by atoms with van der Waals surface area (Å²) in [5, 5.41) is 9.58. The third kappa shape index (κ3) is 5.15. The number of para-hydroxylation sites is 1. The Hall–Kier alpha value is -3.24. The molecule has 2 unspecified atom stereocenters. The number of terminal acetylenes is 1. The summed E-state index contributed by atoms with van der Waals surface area (Å²) in [6.07, 6.45) is 4.57. The van der Waals surface area contributed by atoms with Crippen LogP contribution >= 0.6 is 0 Å². The van der Waals surface area contributed by atoms with E-state index in [0.29, 0.717) is 17.1 Å². The molecule has 0 aliphatic rings. The van der Waals surface area contributed by atoms with Crippen LogP contribution in [0.5, 0.6) is 11.5 Å². The van der Waals surface area contributed by atoms with E-state index in [1.165, 1.54) is 0 Å². The Bertz CT molecular complexity index is 888. The summed E-state index contributed by atoms with van der Waals surface area (Å²) in [5.74, 6) is 2.90. The third-order valence-electron chi connectivity index (χ3n) is 4.56. The highest BCUT2D eigenvalue weighted by atomic mass is 16.5. The number of rotatable bonds is 7. The lowest BCUT2D eigenvalue weighted by molar-refractivity contribution is -0.157. The zero-order chi connectivity index (χ0) is 20.7. The van der Waals surface area contributed by atoms with Crippen LogP contribution in [0.1, 0.15) is 39.4 Å². The molecule has 0 radical (unpaired) electrons. The van der Waals surface area contributed by atoms with Gasteiger partial charge in [0.05, 0.1) is 5.92 Å². The fraction of sp³-hybridized carbons (Fsp3) is 0.333. The number of benzene rings is 2. The van der Waals surface area contributed by atoms with E-state index >= 15 is 0 Å². The molecule has 144 valence electrons. The average Bonchev–Trinajstić information content (AvgIpc) is 2.66. The Balaban J connectivity index is 2.21. The summed E-state index contributed by atoms with van der Waals surface area (Å²) < 4.78 is 11.4. The van der Waals surface area contributed by atoms with E-state index in [9.17, 15) is 10.1 Å². The minimum absolute atomic E-state index is 0.0226. The summed E-state index contributed by atoms with van der Waals surface area (Å²) in [6.45, 7) is 7.49. The zero-order valence-corrected chi connectivity index (χ0v) is 16.7. The molecule has 0 aromatic heterocycles. The highest BCUT2D eigenvalue weighted by Crippen LogP contribution is 2.35. The van der Waals surface area contributed by atoms with Crippen molar-refractivity contribution in [1.29, 1.82) is 5.26 Å². The molecule has 0 aliphatic heterocycles. The molecule has 0 amide bonds. The lowest BCUT2D eigenvalue weighted by atomic mass is 9.73. The van der Waals surface area contributed by atoms with E-state index in [1.54, 1.807) is 24.3 Å². The van der Waals surface area contributed by atoms with Gasteiger partial charge in [-0.1, -0.05) is 50.1 Å². The second-order valence-corrected chi connectivity index (χ2v) is 7.52. The smallest absolute Gasteiger partial charge is 0.312 e. The molecule has 0 fully saturated rings. The van der Waals surface area contributed by atoms with Crippen LogP contribution in [0.25, 0.3) is 0 Å². The Kier molecular flexibility index (Phi) is 6.85. The number of hydrogen-bond donors (Lipinski definition) is 0. The van der Waals surface area contributed by atoms with Crippen molar-refractivity contribution < 1.29 is 14.3 Å². The van der Waals surface area contributed by atoms with Crippen molar-refractivity contribution in [2.45, 2.75) is 33.8 Å². The molecular weight excluding hydrogens is 350 g/mol. The van der Waals surface area contributed by atoms with Crippen LogP contribution in [0, 0.1) is 40.9 Å². The topological polar surface area (TPSA) is 59.3 Å². The number of ether oxygens (including phenoxy) is 2. The molecular formula is C24H25NO3. The second-order valence-electron chi connectivity index (χ2n) is 7.52. The SMILES string of the molecule is C#CC(C)(C)C(C(=O)OC(C#N)c1cccc(Oc2ccccc2)c1)C(C)C. The summed E-state index contributed by atoms with van der Waals surface area (Å²) in [7, 11) is 0. The molecule has 28 heavy (non-hydrogen) atoms. The van der Waals surface area contributed by atoms with Crippen molar-refractivity contribution in [3.05, 3.63) is 60.2 Å². The van der Waals surface area contributed by atoms with Gasteiger partial charge in [-0.15, -0.1) is 6.42 Å². The molecule has 4 heteroatoms. The zero-order valence-electron chi connectivity index (χ0n) is 16.7. The molecule has 0 saturated heterocycles. The Labute approximate surface area is 167 Å². The maximum absolute atomic E-state index is 12.8. The first-order valence-corrected chi connectivity index (χ1v) is 9.19. The van der Waals surface area contributed by atoms with Gasteiger partial charge in [-0.3, -0.25) is 4.79 Å². The minimum Gasteiger partial charge on any atom is -0.457 e. The number of hydrogen-bond acceptors (Lipinski definition) is 4. The quantitative estimate of drug-likeness (QED) is 0.472. The van der Waals surface area contributed by atoms with E-state index in [-0.39, 0.29) is 5.92 Å². The van der Waals surface area contributed by atoms with Crippen molar-refractivity contribution in [3.63, 3.8) is 0 Å². The first kappa shape index (κ1) is 21.1. The monoisotopic (exact) mass is 375 g/mol. The van der Waals surface area contributed by atoms with Crippen molar-refractivity contribution in [2.75, 3.05) is 0 Å². The molecule has 2 aromatic rings. The fourth-order valence-electron chi connectivity index (χ4n) is 3.21. The van der Waals surface area contributed by atoms with Crippen LogP contribution in [0.4, 0.5) is 0 Å². The molecule has 2 rings (SSSR count). The molecule has 0 N–H and O–H groups in total. The largest absolute Gasteiger partial charge is 0.457 e. The van der Waals surface area contributed by atoms with Gasteiger partial charge >= 0.3 is 5.97 Å². The van der Waals surface area contributed by atoms with Gasteiger partial charge in [-0.25, -0.2) is 0 Å². The Morgan fingerprint density at radius 1 is 1.07 bits per heavy atom. The summed E-state index contributed by atoms with van der Waals surface area (Å²) in [4.78, 5) is 12.8. The highest BCUT2D eigenvalue weighted by Gasteiger charge is 2.38. The van der Waals surface area contributed by atoms with E-state index in [0.717, 1.165) is 0 Å². The molecule has 4 nitrogen and oxygen atoms in total. The van der Waals surface area contributed by atoms with Crippen LogP contribution in [-0.2, 0) is 9.53 Å². The lowest BCUT2D eigenvalue weighted by Crippen LogP contribution is -2.36. The van der Waals surface area contributed by atoms with E-state index in [2.05, 4.69) is 12.0 Å². The van der Waals surface area contributed by atoms with E-state index < -0.39 is 23.4 Å². The van der Waals surface area contributed by atoms with Crippen LogP contribution in [0.15, 0.2) is 54.6 Å². The molecule has 0 saturated carbocycles. The summed E-state index contributed by atoms with van der Waals surface area (Å²) >= 11 is 0. The van der Waals surface area contributed by atoms with Gasteiger partial charge in [0.15, 0.2) is 0 Å². The first-order chi connectivity index (χ1) is 13.3. The predicted molar refractivity (Wildman–Crippen MR) is 108 cm³/mol. The van der Waals surface area contributed by atoms with Crippen LogP contribution in [0.2, 0.25) is 0 Å². The summed E-state index contributed by atoms with van der Waals surface area (Å²) in [6, 6.07) is 18.3. The predicted octanol–water partition coefficient (Wildman–Crippen LogP) is 5.52. The van der Waals surface area contributed by atoms with Crippen molar-refractivity contribution in [1.82, 2.24) is 0 Å². The third-order valence-corrected chi connectivity index (χ3v) is 4.56. The van der Waals surface area contributed by atoms with Crippen LogP contribution in [-0.4, -0.2) is 5.97 Å². The number of nitriles is 1. The van der Waals surface area contributed by atoms with Gasteiger partial charge < -0.3 is 9.47 Å². The van der Waals surface area contributed by atoms with Gasteiger partial charge in [-0.05, 0) is 44.0 Å². The average molecular weight is 375 g/mol. The van der Waals surface area contributed by atoms with Gasteiger partial charge in [0.1, 0.15) is 17.6 Å². The Morgan fingerprint density at radius 2 is 1.71 bits per heavy atom. The minimum atomic E-state index is -1.04. The Morgan fingerprint density at radius 3 is 2.29 bits per heavy atom. The number of carbonyl (C=O) groups is 1. The van der Waals surface area contributed by atoms with Crippen molar-refractivity contribution in [2.24, 2.45) is 17.3 Å². The van der Waals surface area contributed by atoms with Crippen LogP contribution < -0.4 is 4.74 Å². The van der Waals surface area contributed by atoms with Gasteiger partial charge in [-0.2, -0.15) is 5.26 Å². The fourth-order valence-corrected chi connectivity index (χ4v) is 3.21. The maximum atomic E-state index is 12.8. The van der Waals surface area contributed by atoms with Gasteiger partial charge in [0.25, 0.3) is 0 Å². The molecule has 0 bridgehead atoms. The number of esters is 1. The first-order valence-electron chi connectivity index (χ1n) is 9.19. The van der Waals surface area contributed by atoms with E-state index in [1.807, 2.05) is 58.0 Å². The second kappa shape index (κ2) is 9.11.